The van der Waals surface area contributed by atoms with Gasteiger partial charge >= 0.3 is 0 Å². The van der Waals surface area contributed by atoms with Gasteiger partial charge in [-0.05, 0) is 37.4 Å². The van der Waals surface area contributed by atoms with Crippen molar-refractivity contribution in [2.45, 2.75) is 32.9 Å². The Balaban J connectivity index is 2.43. The molecular weight excluding hydrogens is 236 g/mol. The topological polar surface area (TPSA) is 34.2 Å². The monoisotopic (exact) mass is 258 g/mol. The molecule has 3 heteroatoms. The fourth-order valence-electron chi connectivity index (χ4n) is 2.53. The molecule has 0 fully saturated rings. The van der Waals surface area contributed by atoms with Gasteiger partial charge < -0.3 is 10.1 Å². The summed E-state index contributed by atoms with van der Waals surface area (Å²) in [5.41, 5.74) is 1.28. The molecule has 0 amide bonds. The molecule has 0 saturated heterocycles. The molecule has 0 spiro atoms. The van der Waals surface area contributed by atoms with Crippen LogP contribution in [0.15, 0.2) is 36.7 Å². The van der Waals surface area contributed by atoms with Gasteiger partial charge in [-0.25, -0.2) is 0 Å². The Kier molecular flexibility index (Phi) is 4.88. The normalized spacial score (nSPS) is 14.5. The van der Waals surface area contributed by atoms with Gasteiger partial charge in [0.1, 0.15) is 0 Å². The van der Waals surface area contributed by atoms with E-state index in [1.807, 2.05) is 19.3 Å². The van der Waals surface area contributed by atoms with E-state index in [4.69, 9.17) is 4.74 Å². The predicted octanol–water partition coefficient (Wildman–Crippen LogP) is 3.31. The number of pyridine rings is 1. The fraction of sp³-hybridized carbons (Fsp3) is 0.438. The maximum atomic E-state index is 5.78. The molecule has 2 atom stereocenters. The minimum Gasteiger partial charge on any atom is -0.377 e. The van der Waals surface area contributed by atoms with Gasteiger partial charge in [-0.1, -0.05) is 25.1 Å². The molecule has 0 radical (unpaired) electrons. The Labute approximate surface area is 115 Å². The van der Waals surface area contributed by atoms with Gasteiger partial charge in [0.05, 0.1) is 12.1 Å². The largest absolute Gasteiger partial charge is 0.377 e. The summed E-state index contributed by atoms with van der Waals surface area (Å²) >= 11 is 0. The molecule has 0 bridgehead atoms. The second kappa shape index (κ2) is 6.64. The number of hydrogen-bond donors (Lipinski definition) is 1. The van der Waals surface area contributed by atoms with Crippen LogP contribution in [0.5, 0.6) is 0 Å². The third kappa shape index (κ3) is 3.11. The van der Waals surface area contributed by atoms with Crippen molar-refractivity contribution in [2.75, 3.05) is 13.2 Å². The number of aromatic nitrogens is 1. The van der Waals surface area contributed by atoms with E-state index in [2.05, 4.69) is 48.4 Å². The quantitative estimate of drug-likeness (QED) is 0.863. The number of hydrogen-bond acceptors (Lipinski definition) is 3. The van der Waals surface area contributed by atoms with Crippen molar-refractivity contribution < 1.29 is 4.74 Å². The van der Waals surface area contributed by atoms with Crippen molar-refractivity contribution in [2.24, 2.45) is 0 Å². The molecule has 3 nitrogen and oxygen atoms in total. The first-order valence-electron chi connectivity index (χ1n) is 6.95. The number of benzene rings is 1. The maximum absolute atomic E-state index is 5.78. The number of rotatable bonds is 6. The Morgan fingerprint density at radius 2 is 2.11 bits per heavy atom. The zero-order valence-corrected chi connectivity index (χ0v) is 11.9. The summed E-state index contributed by atoms with van der Waals surface area (Å²) in [7, 11) is 0. The molecule has 2 unspecified atom stereocenters. The lowest BCUT2D eigenvalue weighted by Gasteiger charge is -2.26. The zero-order chi connectivity index (χ0) is 13.7. The van der Waals surface area contributed by atoms with Crippen LogP contribution in [0.4, 0.5) is 0 Å². The summed E-state index contributed by atoms with van der Waals surface area (Å²) in [5.74, 6) is 0. The van der Waals surface area contributed by atoms with Gasteiger partial charge in [0.15, 0.2) is 0 Å². The van der Waals surface area contributed by atoms with E-state index in [0.29, 0.717) is 0 Å². The smallest absolute Gasteiger partial charge is 0.0741 e. The molecule has 1 aromatic carbocycles. The average Bonchev–Trinajstić information content (AvgIpc) is 2.44. The van der Waals surface area contributed by atoms with Crippen LogP contribution in [0.2, 0.25) is 0 Å². The third-order valence-corrected chi connectivity index (χ3v) is 3.37. The highest BCUT2D eigenvalue weighted by molar-refractivity contribution is 5.85. The number of ether oxygens (including phenoxy) is 1. The first kappa shape index (κ1) is 14.0. The zero-order valence-electron chi connectivity index (χ0n) is 11.9. The molecular formula is C16H22N2O. The van der Waals surface area contributed by atoms with E-state index in [1.165, 1.54) is 16.3 Å². The molecule has 0 aliphatic heterocycles. The number of nitrogens with zero attached hydrogens (tertiary/aromatic N) is 1. The van der Waals surface area contributed by atoms with Gasteiger partial charge in [0.25, 0.3) is 0 Å². The van der Waals surface area contributed by atoms with Crippen molar-refractivity contribution in [3.05, 3.63) is 42.2 Å². The molecule has 19 heavy (non-hydrogen) atoms. The molecule has 0 aliphatic rings. The van der Waals surface area contributed by atoms with Crippen LogP contribution < -0.4 is 5.32 Å². The first-order chi connectivity index (χ1) is 9.27. The minimum atomic E-state index is 0.142. The molecule has 1 N–H and O–H groups in total. The highest BCUT2D eigenvalue weighted by atomic mass is 16.5. The van der Waals surface area contributed by atoms with Gasteiger partial charge in [0, 0.05) is 24.4 Å². The summed E-state index contributed by atoms with van der Waals surface area (Å²) in [6.45, 7) is 7.93. The van der Waals surface area contributed by atoms with Crippen molar-refractivity contribution in [3.63, 3.8) is 0 Å². The van der Waals surface area contributed by atoms with Gasteiger partial charge in [-0.3, -0.25) is 4.98 Å². The molecule has 2 rings (SSSR count). The highest BCUT2D eigenvalue weighted by Gasteiger charge is 2.20. The summed E-state index contributed by atoms with van der Waals surface area (Å²) in [6, 6.07) is 8.64. The summed E-state index contributed by atoms with van der Waals surface area (Å²) in [5, 5.41) is 5.95. The Morgan fingerprint density at radius 1 is 1.26 bits per heavy atom. The number of fused-ring (bicyclic) bond motifs is 1. The van der Waals surface area contributed by atoms with Crippen molar-refractivity contribution in [1.29, 1.82) is 0 Å². The summed E-state index contributed by atoms with van der Waals surface area (Å²) in [6.07, 6.45) is 3.90. The first-order valence-corrected chi connectivity index (χ1v) is 6.95. The van der Waals surface area contributed by atoms with Crippen molar-refractivity contribution >= 4 is 10.8 Å². The van der Waals surface area contributed by atoms with Gasteiger partial charge in [-0.2, -0.15) is 0 Å². The Morgan fingerprint density at radius 3 is 2.84 bits per heavy atom. The lowest BCUT2D eigenvalue weighted by Crippen LogP contribution is -2.32. The van der Waals surface area contributed by atoms with E-state index in [9.17, 15) is 0 Å². The fourth-order valence-corrected chi connectivity index (χ4v) is 2.53. The number of likely N-dealkylation sites (N-methyl/N-ethyl adjacent to an activating group) is 1. The van der Waals surface area contributed by atoms with E-state index < -0.39 is 0 Å². The van der Waals surface area contributed by atoms with Gasteiger partial charge in [0.2, 0.25) is 0 Å². The average molecular weight is 258 g/mol. The summed E-state index contributed by atoms with van der Waals surface area (Å²) < 4.78 is 5.78. The lowest BCUT2D eigenvalue weighted by molar-refractivity contribution is 0.0480. The van der Waals surface area contributed by atoms with Crippen molar-refractivity contribution in [3.8, 4) is 0 Å². The molecule has 2 aromatic rings. The van der Waals surface area contributed by atoms with Crippen molar-refractivity contribution in [1.82, 2.24) is 10.3 Å². The predicted molar refractivity (Wildman–Crippen MR) is 79.2 cm³/mol. The van der Waals surface area contributed by atoms with E-state index >= 15 is 0 Å². The SMILES string of the molecule is CCNC(c1cccc2cnccc12)C(C)OCC. The second-order valence-corrected chi connectivity index (χ2v) is 4.64. The highest BCUT2D eigenvalue weighted by Crippen LogP contribution is 2.27. The number of nitrogens with one attached hydrogen (secondary N) is 1. The third-order valence-electron chi connectivity index (χ3n) is 3.37. The van der Waals surface area contributed by atoms with Crippen LogP contribution >= 0.6 is 0 Å². The Hall–Kier alpha value is -1.45. The van der Waals surface area contributed by atoms with Crippen LogP contribution in [0, 0.1) is 0 Å². The van der Waals surface area contributed by atoms with Gasteiger partial charge in [-0.15, -0.1) is 0 Å². The van der Waals surface area contributed by atoms with Crippen LogP contribution in [0.3, 0.4) is 0 Å². The van der Waals surface area contributed by atoms with E-state index in [1.54, 1.807) is 0 Å². The molecule has 1 aromatic heterocycles. The van der Waals surface area contributed by atoms with Crippen LogP contribution in [-0.2, 0) is 4.74 Å². The second-order valence-electron chi connectivity index (χ2n) is 4.64. The standard InChI is InChI=1S/C16H22N2O/c1-4-18-16(12(3)19-5-2)15-8-6-7-13-11-17-10-9-14(13)15/h6-12,16,18H,4-5H2,1-3H3. The minimum absolute atomic E-state index is 0.142. The maximum Gasteiger partial charge on any atom is 0.0741 e. The van der Waals surface area contributed by atoms with Crippen LogP contribution in [0.25, 0.3) is 10.8 Å². The molecule has 102 valence electrons. The molecule has 0 saturated carbocycles. The molecule has 0 aliphatic carbocycles. The van der Waals surface area contributed by atoms with Crippen LogP contribution in [0.1, 0.15) is 32.4 Å². The van der Waals surface area contributed by atoms with E-state index in [-0.39, 0.29) is 12.1 Å². The Bertz CT molecular complexity index is 522. The van der Waals surface area contributed by atoms with Crippen LogP contribution in [-0.4, -0.2) is 24.2 Å². The summed E-state index contributed by atoms with van der Waals surface area (Å²) in [4.78, 5) is 4.19. The molecule has 1 heterocycles. The lowest BCUT2D eigenvalue weighted by atomic mass is 9.96. The van der Waals surface area contributed by atoms with E-state index in [0.717, 1.165) is 13.2 Å².